The third-order valence-corrected chi connectivity index (χ3v) is 3.99. The topological polar surface area (TPSA) is 139 Å². The summed E-state index contributed by atoms with van der Waals surface area (Å²) in [5, 5.41) is 26.6. The Balaban J connectivity index is 3.09. The summed E-state index contributed by atoms with van der Waals surface area (Å²) in [5.41, 5.74) is 5.25. The quantitative estimate of drug-likeness (QED) is 0.446. The lowest BCUT2D eigenvalue weighted by molar-refractivity contribution is 0.132. The molecule has 0 unspecified atom stereocenters. The van der Waals surface area contributed by atoms with Gasteiger partial charge in [-0.15, -0.1) is 0 Å². The predicted octanol–water partition coefficient (Wildman–Crippen LogP) is -0.538. The molecule has 8 heteroatoms. The van der Waals surface area contributed by atoms with Gasteiger partial charge in [-0.3, -0.25) is 0 Å². The van der Waals surface area contributed by atoms with Gasteiger partial charge in [-0.1, -0.05) is 6.92 Å². The van der Waals surface area contributed by atoms with Crippen molar-refractivity contribution in [3.05, 3.63) is 18.2 Å². The standard InChI is InChI=1S/C11H19N3O4S/c1-2-11(6-15,7-16)14-8-3-4-10(9(12)5-8)19(13,17)18/h3-5,14-16H,2,6-7,12H2,1H3,(H2,13,17,18). The van der Waals surface area contributed by atoms with Crippen LogP contribution in [0.25, 0.3) is 0 Å². The van der Waals surface area contributed by atoms with Crippen LogP contribution in [0.4, 0.5) is 11.4 Å². The summed E-state index contributed by atoms with van der Waals surface area (Å²) in [4.78, 5) is -0.159. The van der Waals surface area contributed by atoms with E-state index in [4.69, 9.17) is 10.9 Å². The highest BCUT2D eigenvalue weighted by molar-refractivity contribution is 7.89. The number of primary sulfonamides is 1. The van der Waals surface area contributed by atoms with E-state index in [2.05, 4.69) is 5.32 Å². The maximum atomic E-state index is 11.2. The lowest BCUT2D eigenvalue weighted by Gasteiger charge is -2.31. The van der Waals surface area contributed by atoms with Crippen LogP contribution in [0.5, 0.6) is 0 Å². The van der Waals surface area contributed by atoms with E-state index in [1.54, 1.807) is 0 Å². The Hall–Kier alpha value is -1.35. The molecule has 7 N–H and O–H groups in total. The molecule has 19 heavy (non-hydrogen) atoms. The predicted molar refractivity (Wildman–Crippen MR) is 73.0 cm³/mol. The third-order valence-electron chi connectivity index (χ3n) is 3.01. The lowest BCUT2D eigenvalue weighted by atomic mass is 9.98. The van der Waals surface area contributed by atoms with E-state index in [-0.39, 0.29) is 23.8 Å². The molecule has 0 aromatic heterocycles. The zero-order valence-electron chi connectivity index (χ0n) is 10.6. The summed E-state index contributed by atoms with van der Waals surface area (Å²) in [7, 11) is -3.86. The molecule has 0 saturated heterocycles. The zero-order chi connectivity index (χ0) is 14.7. The summed E-state index contributed by atoms with van der Waals surface area (Å²) < 4.78 is 22.4. The van der Waals surface area contributed by atoms with Gasteiger partial charge in [0.05, 0.1) is 24.4 Å². The molecule has 0 bridgehead atoms. The minimum Gasteiger partial charge on any atom is -0.398 e. The molecule has 1 aromatic carbocycles. The van der Waals surface area contributed by atoms with Crippen LogP contribution < -0.4 is 16.2 Å². The number of nitrogens with two attached hydrogens (primary N) is 2. The average Bonchev–Trinajstić information content (AvgIpc) is 2.34. The molecule has 108 valence electrons. The van der Waals surface area contributed by atoms with E-state index in [0.717, 1.165) is 0 Å². The average molecular weight is 289 g/mol. The fourth-order valence-electron chi connectivity index (χ4n) is 1.63. The largest absolute Gasteiger partial charge is 0.398 e. The molecule has 0 spiro atoms. The number of rotatable bonds is 6. The van der Waals surface area contributed by atoms with Gasteiger partial charge in [0.25, 0.3) is 0 Å². The Labute approximate surface area is 112 Å². The maximum Gasteiger partial charge on any atom is 0.240 e. The molecule has 0 atom stereocenters. The van der Waals surface area contributed by atoms with Gasteiger partial charge < -0.3 is 21.3 Å². The SMILES string of the molecule is CCC(CO)(CO)Nc1ccc(S(N)(=O)=O)c(N)c1. The molecule has 0 radical (unpaired) electrons. The van der Waals surface area contributed by atoms with Gasteiger partial charge in [0.2, 0.25) is 10.0 Å². The second-order valence-corrected chi connectivity index (χ2v) is 5.90. The second-order valence-electron chi connectivity index (χ2n) is 4.37. The van der Waals surface area contributed by atoms with E-state index in [9.17, 15) is 18.6 Å². The van der Waals surface area contributed by atoms with Crippen LogP contribution in [0.15, 0.2) is 23.1 Å². The molecule has 0 saturated carbocycles. The fraction of sp³-hybridized carbons (Fsp3) is 0.455. The number of nitrogen functional groups attached to an aromatic ring is 1. The second kappa shape index (κ2) is 5.74. The smallest absolute Gasteiger partial charge is 0.240 e. The molecule has 0 aliphatic carbocycles. The summed E-state index contributed by atoms with van der Waals surface area (Å²) in [6.07, 6.45) is 0.483. The van der Waals surface area contributed by atoms with Crippen LogP contribution in [0.3, 0.4) is 0 Å². The maximum absolute atomic E-state index is 11.2. The summed E-state index contributed by atoms with van der Waals surface area (Å²) >= 11 is 0. The van der Waals surface area contributed by atoms with Crippen molar-refractivity contribution in [2.75, 3.05) is 24.3 Å². The van der Waals surface area contributed by atoms with Crippen LogP contribution in [0, 0.1) is 0 Å². The molecule has 7 nitrogen and oxygen atoms in total. The normalized spacial score (nSPS) is 12.4. The van der Waals surface area contributed by atoms with Gasteiger partial charge >= 0.3 is 0 Å². The molecule has 0 fully saturated rings. The molecule has 1 aromatic rings. The van der Waals surface area contributed by atoms with Crippen LogP contribution in [-0.2, 0) is 10.0 Å². The summed E-state index contributed by atoms with van der Waals surface area (Å²) in [6.45, 7) is 1.27. The van der Waals surface area contributed by atoms with E-state index >= 15 is 0 Å². The number of hydrogen-bond acceptors (Lipinski definition) is 6. The lowest BCUT2D eigenvalue weighted by Crippen LogP contribution is -2.45. The third kappa shape index (κ3) is 3.57. The highest BCUT2D eigenvalue weighted by Crippen LogP contribution is 2.24. The Bertz CT molecular complexity index is 533. The van der Waals surface area contributed by atoms with E-state index in [1.165, 1.54) is 18.2 Å². The van der Waals surface area contributed by atoms with Crippen LogP contribution in [-0.4, -0.2) is 37.4 Å². The zero-order valence-corrected chi connectivity index (χ0v) is 11.4. The number of benzene rings is 1. The van der Waals surface area contributed by atoms with E-state index in [1.807, 2.05) is 6.92 Å². The Kier molecular flexibility index (Phi) is 4.75. The van der Waals surface area contributed by atoms with Crippen molar-refractivity contribution in [3.8, 4) is 0 Å². The van der Waals surface area contributed by atoms with Crippen molar-refractivity contribution in [2.24, 2.45) is 5.14 Å². The summed E-state index contributed by atoms with van der Waals surface area (Å²) in [6, 6.07) is 4.16. The van der Waals surface area contributed by atoms with Gasteiger partial charge in [-0.05, 0) is 24.6 Å². The first kappa shape index (κ1) is 15.7. The molecule has 0 aliphatic heterocycles. The van der Waals surface area contributed by atoms with Gasteiger partial charge in [0, 0.05) is 5.69 Å². The number of anilines is 2. The monoisotopic (exact) mass is 289 g/mol. The first-order valence-electron chi connectivity index (χ1n) is 5.70. The van der Waals surface area contributed by atoms with Gasteiger partial charge in [-0.2, -0.15) is 0 Å². The number of sulfonamides is 1. The van der Waals surface area contributed by atoms with Gasteiger partial charge in [0.15, 0.2) is 0 Å². The first-order valence-corrected chi connectivity index (χ1v) is 7.25. The van der Waals surface area contributed by atoms with Crippen molar-refractivity contribution in [2.45, 2.75) is 23.8 Å². The minimum atomic E-state index is -3.86. The number of hydrogen-bond donors (Lipinski definition) is 5. The molecular formula is C11H19N3O4S. The fourth-order valence-corrected chi connectivity index (χ4v) is 2.28. The molecule has 0 heterocycles. The highest BCUT2D eigenvalue weighted by atomic mass is 32.2. The number of aliphatic hydroxyl groups excluding tert-OH is 2. The molecule has 0 amide bonds. The molecular weight excluding hydrogens is 270 g/mol. The van der Waals surface area contributed by atoms with Crippen molar-refractivity contribution >= 4 is 21.4 Å². The van der Waals surface area contributed by atoms with Gasteiger partial charge in [0.1, 0.15) is 4.90 Å². The van der Waals surface area contributed by atoms with E-state index in [0.29, 0.717) is 12.1 Å². The Morgan fingerprint density at radius 2 is 1.89 bits per heavy atom. The Morgan fingerprint density at radius 3 is 2.26 bits per heavy atom. The van der Waals surface area contributed by atoms with Gasteiger partial charge in [-0.25, -0.2) is 13.6 Å². The van der Waals surface area contributed by atoms with Crippen molar-refractivity contribution in [3.63, 3.8) is 0 Å². The molecule has 1 rings (SSSR count). The Morgan fingerprint density at radius 1 is 1.32 bits per heavy atom. The van der Waals surface area contributed by atoms with Crippen LogP contribution in [0.2, 0.25) is 0 Å². The van der Waals surface area contributed by atoms with Crippen molar-refractivity contribution in [1.29, 1.82) is 0 Å². The summed E-state index contributed by atoms with van der Waals surface area (Å²) in [5.74, 6) is 0. The van der Waals surface area contributed by atoms with E-state index < -0.39 is 15.6 Å². The molecule has 0 aliphatic rings. The number of nitrogens with one attached hydrogen (secondary N) is 1. The van der Waals surface area contributed by atoms with Crippen LogP contribution >= 0.6 is 0 Å². The van der Waals surface area contributed by atoms with Crippen molar-refractivity contribution in [1.82, 2.24) is 0 Å². The van der Waals surface area contributed by atoms with Crippen LogP contribution in [0.1, 0.15) is 13.3 Å². The first-order chi connectivity index (χ1) is 8.78. The minimum absolute atomic E-state index is 0.00776. The van der Waals surface area contributed by atoms with Crippen molar-refractivity contribution < 1.29 is 18.6 Å². The highest BCUT2D eigenvalue weighted by Gasteiger charge is 2.26. The number of aliphatic hydroxyl groups is 2.